The fourth-order valence-electron chi connectivity index (χ4n) is 1.62. The lowest BCUT2D eigenvalue weighted by Gasteiger charge is -2.07. The Morgan fingerprint density at radius 1 is 1.21 bits per heavy atom. The zero-order valence-corrected chi connectivity index (χ0v) is 12.8. The lowest BCUT2D eigenvalue weighted by atomic mass is 10.2. The Morgan fingerprint density at radius 3 is 2.89 bits per heavy atom. The van der Waals surface area contributed by atoms with Crippen LogP contribution in [0.15, 0.2) is 29.2 Å². The van der Waals surface area contributed by atoms with E-state index in [1.807, 2.05) is 11.8 Å². The monoisotopic (exact) mass is 283 g/mol. The Hall–Kier alpha value is -0.550. The van der Waals surface area contributed by atoms with E-state index >= 15 is 0 Å². The minimum atomic E-state index is 0.753. The first-order chi connectivity index (χ1) is 9.36. The molecule has 0 radical (unpaired) electrons. The van der Waals surface area contributed by atoms with E-state index in [0.29, 0.717) is 0 Å². The van der Waals surface area contributed by atoms with Crippen molar-refractivity contribution in [3.05, 3.63) is 29.8 Å². The van der Waals surface area contributed by atoms with Crippen LogP contribution in [0, 0.1) is 0 Å². The van der Waals surface area contributed by atoms with E-state index in [0.717, 1.165) is 45.1 Å². The van der Waals surface area contributed by atoms with Gasteiger partial charge in [-0.25, -0.2) is 0 Å². The van der Waals surface area contributed by atoms with Gasteiger partial charge in [0.1, 0.15) is 0 Å². The van der Waals surface area contributed by atoms with Crippen LogP contribution in [0.2, 0.25) is 0 Å². The molecule has 0 fully saturated rings. The summed E-state index contributed by atoms with van der Waals surface area (Å²) in [5, 5.41) is 3.35. The zero-order valence-electron chi connectivity index (χ0n) is 12.0. The van der Waals surface area contributed by atoms with E-state index in [2.05, 4.69) is 36.5 Å². The van der Waals surface area contributed by atoms with Crippen molar-refractivity contribution >= 4 is 11.8 Å². The second kappa shape index (κ2) is 11.3. The van der Waals surface area contributed by atoms with Crippen molar-refractivity contribution < 1.29 is 9.47 Å². The average Bonchev–Trinajstić information content (AvgIpc) is 2.44. The molecule has 0 bridgehead atoms. The first-order valence-corrected chi connectivity index (χ1v) is 7.84. The second-order valence-corrected chi connectivity index (χ2v) is 5.45. The van der Waals surface area contributed by atoms with Crippen LogP contribution in [0.3, 0.4) is 0 Å². The summed E-state index contributed by atoms with van der Waals surface area (Å²) in [5.74, 6) is 1.01. The van der Waals surface area contributed by atoms with Crippen molar-refractivity contribution in [2.75, 3.05) is 39.2 Å². The average molecular weight is 283 g/mol. The van der Waals surface area contributed by atoms with E-state index in [4.69, 9.17) is 9.47 Å². The van der Waals surface area contributed by atoms with Crippen LogP contribution in [-0.4, -0.2) is 39.2 Å². The molecule has 108 valence electrons. The summed E-state index contributed by atoms with van der Waals surface area (Å²) in [7, 11) is 1.72. The van der Waals surface area contributed by atoms with E-state index in [9.17, 15) is 0 Å². The lowest BCUT2D eigenvalue weighted by molar-refractivity contribution is 0.151. The fraction of sp³-hybridized carbons (Fsp3) is 0.600. The van der Waals surface area contributed by atoms with E-state index in [1.54, 1.807) is 7.11 Å². The maximum absolute atomic E-state index is 5.48. The lowest BCUT2D eigenvalue weighted by Crippen LogP contribution is -2.18. The number of hydrogen-bond acceptors (Lipinski definition) is 4. The molecule has 0 aliphatic carbocycles. The van der Waals surface area contributed by atoms with Crippen molar-refractivity contribution in [2.24, 2.45) is 0 Å². The van der Waals surface area contributed by atoms with Gasteiger partial charge in [-0.3, -0.25) is 0 Å². The Morgan fingerprint density at radius 2 is 2.11 bits per heavy atom. The van der Waals surface area contributed by atoms with Gasteiger partial charge in [-0.05, 0) is 24.1 Å². The summed E-state index contributed by atoms with van der Waals surface area (Å²) in [6, 6.07) is 8.66. The SMILES string of the molecule is CCCOCCSc1cccc(CNCCOC)c1. The fourth-order valence-corrected chi connectivity index (χ4v) is 2.46. The molecular weight excluding hydrogens is 258 g/mol. The standard InChI is InChI=1S/C15H25NO2S/c1-3-8-18-10-11-19-15-6-4-5-14(12-15)13-16-7-9-17-2/h4-6,12,16H,3,7-11,13H2,1-2H3. The molecule has 1 aromatic rings. The highest BCUT2D eigenvalue weighted by Crippen LogP contribution is 2.18. The Kier molecular flexibility index (Phi) is 9.81. The van der Waals surface area contributed by atoms with Gasteiger partial charge in [0.05, 0.1) is 13.2 Å². The van der Waals surface area contributed by atoms with Gasteiger partial charge in [-0.1, -0.05) is 19.1 Å². The molecule has 4 heteroatoms. The zero-order chi connectivity index (χ0) is 13.8. The van der Waals surface area contributed by atoms with Crippen molar-refractivity contribution in [1.29, 1.82) is 0 Å². The van der Waals surface area contributed by atoms with E-state index in [1.165, 1.54) is 10.5 Å². The van der Waals surface area contributed by atoms with Crippen LogP contribution in [0.1, 0.15) is 18.9 Å². The minimum absolute atomic E-state index is 0.753. The minimum Gasteiger partial charge on any atom is -0.383 e. The van der Waals surface area contributed by atoms with Gasteiger partial charge < -0.3 is 14.8 Å². The molecular formula is C15H25NO2S. The topological polar surface area (TPSA) is 30.5 Å². The molecule has 0 atom stereocenters. The molecule has 0 aromatic heterocycles. The van der Waals surface area contributed by atoms with Crippen molar-refractivity contribution in [3.8, 4) is 0 Å². The molecule has 0 heterocycles. The summed E-state index contributed by atoms with van der Waals surface area (Å²) in [5.41, 5.74) is 1.32. The highest BCUT2D eigenvalue weighted by Gasteiger charge is 1.97. The molecule has 0 aliphatic heterocycles. The van der Waals surface area contributed by atoms with Crippen LogP contribution in [-0.2, 0) is 16.0 Å². The third-order valence-electron chi connectivity index (χ3n) is 2.56. The highest BCUT2D eigenvalue weighted by molar-refractivity contribution is 7.99. The van der Waals surface area contributed by atoms with Crippen LogP contribution in [0.25, 0.3) is 0 Å². The number of nitrogens with one attached hydrogen (secondary N) is 1. The van der Waals surface area contributed by atoms with Crippen LogP contribution < -0.4 is 5.32 Å². The molecule has 0 aliphatic rings. The van der Waals surface area contributed by atoms with Gasteiger partial charge >= 0.3 is 0 Å². The smallest absolute Gasteiger partial charge is 0.0587 e. The molecule has 1 rings (SSSR count). The molecule has 3 nitrogen and oxygen atoms in total. The number of hydrogen-bond donors (Lipinski definition) is 1. The summed E-state index contributed by atoms with van der Waals surface area (Å²) in [6.07, 6.45) is 1.09. The van der Waals surface area contributed by atoms with Crippen LogP contribution in [0.4, 0.5) is 0 Å². The molecule has 0 spiro atoms. The van der Waals surface area contributed by atoms with Gasteiger partial charge in [-0.2, -0.15) is 0 Å². The Bertz CT molecular complexity index is 334. The number of thioether (sulfide) groups is 1. The van der Waals surface area contributed by atoms with Crippen LogP contribution in [0.5, 0.6) is 0 Å². The number of methoxy groups -OCH3 is 1. The summed E-state index contributed by atoms with van der Waals surface area (Å²) in [4.78, 5) is 1.31. The maximum Gasteiger partial charge on any atom is 0.0587 e. The molecule has 0 saturated heterocycles. The first-order valence-electron chi connectivity index (χ1n) is 6.86. The summed E-state index contributed by atoms with van der Waals surface area (Å²) >= 11 is 1.85. The predicted molar refractivity (Wildman–Crippen MR) is 81.9 cm³/mol. The quantitative estimate of drug-likeness (QED) is 0.500. The molecule has 0 saturated carbocycles. The van der Waals surface area contributed by atoms with Gasteiger partial charge in [0, 0.05) is 37.5 Å². The van der Waals surface area contributed by atoms with Gasteiger partial charge in [-0.15, -0.1) is 11.8 Å². The van der Waals surface area contributed by atoms with Crippen LogP contribution >= 0.6 is 11.8 Å². The summed E-state index contributed by atoms with van der Waals surface area (Å²) < 4.78 is 10.5. The molecule has 1 N–H and O–H groups in total. The highest BCUT2D eigenvalue weighted by atomic mass is 32.2. The normalized spacial score (nSPS) is 10.8. The molecule has 0 amide bonds. The molecule has 0 unspecified atom stereocenters. The van der Waals surface area contributed by atoms with Crippen molar-refractivity contribution in [1.82, 2.24) is 5.32 Å². The molecule has 1 aromatic carbocycles. The van der Waals surface area contributed by atoms with Gasteiger partial charge in [0.25, 0.3) is 0 Å². The third-order valence-corrected chi connectivity index (χ3v) is 3.51. The van der Waals surface area contributed by atoms with Gasteiger partial charge in [0.2, 0.25) is 0 Å². The Balaban J connectivity index is 2.23. The van der Waals surface area contributed by atoms with Gasteiger partial charge in [0.15, 0.2) is 0 Å². The number of benzene rings is 1. The molecule has 19 heavy (non-hydrogen) atoms. The first kappa shape index (κ1) is 16.5. The number of ether oxygens (including phenoxy) is 2. The summed E-state index contributed by atoms with van der Waals surface area (Å²) in [6.45, 7) is 6.36. The largest absolute Gasteiger partial charge is 0.383 e. The maximum atomic E-state index is 5.48. The van der Waals surface area contributed by atoms with Crippen molar-refractivity contribution in [3.63, 3.8) is 0 Å². The number of rotatable bonds is 11. The predicted octanol–water partition coefficient (Wildman–Crippen LogP) is 2.94. The van der Waals surface area contributed by atoms with E-state index < -0.39 is 0 Å². The second-order valence-electron chi connectivity index (χ2n) is 4.28. The Labute approximate surface area is 121 Å². The van der Waals surface area contributed by atoms with Crippen molar-refractivity contribution in [2.45, 2.75) is 24.8 Å². The third kappa shape index (κ3) is 8.26. The van der Waals surface area contributed by atoms with E-state index in [-0.39, 0.29) is 0 Å².